The van der Waals surface area contributed by atoms with E-state index in [4.69, 9.17) is 14.0 Å². The van der Waals surface area contributed by atoms with Crippen LogP contribution in [-0.2, 0) is 25.3 Å². The van der Waals surface area contributed by atoms with Gasteiger partial charge in [-0.3, -0.25) is 14.6 Å². The topological polar surface area (TPSA) is 112 Å². The monoisotopic (exact) mass is 496 g/mol. The quantitative estimate of drug-likeness (QED) is 0.435. The minimum Gasteiger partial charge on any atom is -0.402 e. The molecule has 194 valence electrons. The molecule has 0 spiro atoms. The van der Waals surface area contributed by atoms with Crippen LogP contribution in [0.3, 0.4) is 0 Å². The van der Waals surface area contributed by atoms with E-state index in [1.165, 1.54) is 24.2 Å². The fraction of sp³-hybridized carbons (Fsp3) is 0.538. The highest BCUT2D eigenvalue weighted by atomic mass is 16.7. The lowest BCUT2D eigenvalue weighted by atomic mass is 9.75. The van der Waals surface area contributed by atoms with E-state index in [1.54, 1.807) is 7.11 Å². The molecular formula is C26H37BN4O5. The molecule has 1 fully saturated rings. The van der Waals surface area contributed by atoms with Crippen molar-refractivity contribution in [3.63, 3.8) is 0 Å². The van der Waals surface area contributed by atoms with Gasteiger partial charge in [-0.2, -0.15) is 0 Å². The molecular weight excluding hydrogens is 459 g/mol. The zero-order chi connectivity index (χ0) is 26.2. The number of rotatable bonds is 12. The standard InChI is InChI=1S/C26H37BN4O5/c1-25(2)26(3,4)36-27(35-25)22(13-9-12-19-10-7-6-8-11-19)31-23(32)20(14-17-34-5)30-24(33)21-18-28-15-16-29-21/h6-8,10-11,15-16,18,20,22H,9,12-14,17H2,1-5H3,(H,30,33)(H,31,32)/t20-,22+/m1/s1. The van der Waals surface area contributed by atoms with Crippen molar-refractivity contribution in [3.8, 4) is 0 Å². The van der Waals surface area contributed by atoms with Crippen molar-refractivity contribution in [2.45, 2.75) is 76.6 Å². The molecule has 2 heterocycles. The maximum absolute atomic E-state index is 13.4. The SMILES string of the molecule is COCC[C@@H](NC(=O)c1cnccn1)C(=O)N[C@@H](CCCc1ccccc1)B1OC(C)(C)C(C)(C)O1. The van der Waals surface area contributed by atoms with Crippen LogP contribution in [0.1, 0.15) is 63.0 Å². The lowest BCUT2D eigenvalue weighted by Crippen LogP contribution is -2.55. The van der Waals surface area contributed by atoms with E-state index in [-0.39, 0.29) is 11.6 Å². The number of nitrogens with zero attached hydrogens (tertiary/aromatic N) is 2. The lowest BCUT2D eigenvalue weighted by molar-refractivity contribution is -0.123. The Morgan fingerprint density at radius 2 is 1.72 bits per heavy atom. The van der Waals surface area contributed by atoms with Crippen LogP contribution in [0.25, 0.3) is 0 Å². The summed E-state index contributed by atoms with van der Waals surface area (Å²) in [4.78, 5) is 34.0. The molecule has 2 amide bonds. The van der Waals surface area contributed by atoms with Gasteiger partial charge in [0.15, 0.2) is 0 Å². The summed E-state index contributed by atoms with van der Waals surface area (Å²) in [6.07, 6.45) is 6.91. The average Bonchev–Trinajstić information content (AvgIpc) is 3.08. The van der Waals surface area contributed by atoms with Gasteiger partial charge in [0.25, 0.3) is 5.91 Å². The van der Waals surface area contributed by atoms with Crippen molar-refractivity contribution in [2.75, 3.05) is 13.7 Å². The number of carbonyl (C=O) groups is 2. The molecule has 2 N–H and O–H groups in total. The number of nitrogens with one attached hydrogen (secondary N) is 2. The molecule has 0 aliphatic carbocycles. The molecule has 2 atom stereocenters. The second kappa shape index (κ2) is 12.4. The Morgan fingerprint density at radius 1 is 1.03 bits per heavy atom. The molecule has 10 heteroatoms. The van der Waals surface area contributed by atoms with Gasteiger partial charge in [0, 0.05) is 26.1 Å². The molecule has 0 saturated carbocycles. The van der Waals surface area contributed by atoms with Gasteiger partial charge in [-0.05, 0) is 58.9 Å². The molecule has 1 aliphatic rings. The fourth-order valence-corrected chi connectivity index (χ4v) is 3.94. The summed E-state index contributed by atoms with van der Waals surface area (Å²) in [5, 5.41) is 5.85. The predicted octanol–water partition coefficient (Wildman–Crippen LogP) is 2.75. The van der Waals surface area contributed by atoms with Crippen molar-refractivity contribution >= 4 is 18.9 Å². The first-order chi connectivity index (χ1) is 17.1. The van der Waals surface area contributed by atoms with Gasteiger partial charge in [0.1, 0.15) is 11.7 Å². The van der Waals surface area contributed by atoms with E-state index < -0.39 is 36.2 Å². The van der Waals surface area contributed by atoms with Gasteiger partial charge in [-0.1, -0.05) is 30.3 Å². The van der Waals surface area contributed by atoms with Gasteiger partial charge < -0.3 is 24.7 Å². The summed E-state index contributed by atoms with van der Waals surface area (Å²) in [6, 6.07) is 9.38. The van der Waals surface area contributed by atoms with E-state index in [1.807, 2.05) is 45.9 Å². The minimum absolute atomic E-state index is 0.137. The molecule has 0 radical (unpaired) electrons. The first kappa shape index (κ1) is 27.8. The number of carbonyl (C=O) groups excluding carboxylic acids is 2. The zero-order valence-corrected chi connectivity index (χ0v) is 21.8. The molecule has 1 saturated heterocycles. The van der Waals surface area contributed by atoms with Crippen LogP contribution in [-0.4, -0.2) is 65.8 Å². The summed E-state index contributed by atoms with van der Waals surface area (Å²) < 4.78 is 17.7. The Kier molecular flexibility index (Phi) is 9.59. The molecule has 0 bridgehead atoms. The van der Waals surface area contributed by atoms with Crippen molar-refractivity contribution in [1.82, 2.24) is 20.6 Å². The van der Waals surface area contributed by atoms with Crippen molar-refractivity contribution in [3.05, 3.63) is 60.2 Å². The number of benzene rings is 1. The largest absolute Gasteiger partial charge is 0.481 e. The molecule has 2 aromatic rings. The lowest BCUT2D eigenvalue weighted by Gasteiger charge is -2.32. The van der Waals surface area contributed by atoms with Crippen LogP contribution in [0.2, 0.25) is 0 Å². The minimum atomic E-state index is -0.821. The highest BCUT2D eigenvalue weighted by molar-refractivity contribution is 6.48. The van der Waals surface area contributed by atoms with Crippen molar-refractivity contribution in [2.24, 2.45) is 0 Å². The first-order valence-electron chi connectivity index (χ1n) is 12.4. The average molecular weight is 496 g/mol. The van der Waals surface area contributed by atoms with E-state index in [0.717, 1.165) is 12.8 Å². The number of amides is 2. The van der Waals surface area contributed by atoms with Crippen LogP contribution in [0.5, 0.6) is 0 Å². The first-order valence-corrected chi connectivity index (χ1v) is 12.4. The smallest absolute Gasteiger partial charge is 0.402 e. The second-order valence-electron chi connectivity index (χ2n) is 10.0. The van der Waals surface area contributed by atoms with Gasteiger partial charge in [0.2, 0.25) is 5.91 Å². The van der Waals surface area contributed by atoms with Gasteiger partial charge in [-0.25, -0.2) is 4.98 Å². The van der Waals surface area contributed by atoms with Crippen LogP contribution >= 0.6 is 0 Å². The molecule has 1 aromatic heterocycles. The normalized spacial score (nSPS) is 17.9. The maximum atomic E-state index is 13.4. The number of ether oxygens (including phenoxy) is 1. The Labute approximate surface area is 213 Å². The number of hydrogen-bond donors (Lipinski definition) is 2. The summed E-state index contributed by atoms with van der Waals surface area (Å²) >= 11 is 0. The summed E-state index contributed by atoms with van der Waals surface area (Å²) in [6.45, 7) is 8.24. The number of aryl methyl sites for hydroxylation is 1. The molecule has 0 unspecified atom stereocenters. The third-order valence-electron chi connectivity index (χ3n) is 6.78. The fourth-order valence-electron chi connectivity index (χ4n) is 3.94. The van der Waals surface area contributed by atoms with E-state index in [9.17, 15) is 9.59 Å². The summed E-state index contributed by atoms with van der Waals surface area (Å²) in [7, 11) is 0.935. The van der Waals surface area contributed by atoms with Crippen LogP contribution in [0, 0.1) is 0 Å². The molecule has 36 heavy (non-hydrogen) atoms. The van der Waals surface area contributed by atoms with Crippen LogP contribution < -0.4 is 10.6 Å². The summed E-state index contributed by atoms with van der Waals surface area (Å²) in [5.74, 6) is -1.21. The van der Waals surface area contributed by atoms with Gasteiger partial charge in [0.05, 0.1) is 23.3 Å². The van der Waals surface area contributed by atoms with Gasteiger partial charge >= 0.3 is 7.12 Å². The molecule has 1 aromatic carbocycles. The van der Waals surface area contributed by atoms with Crippen LogP contribution in [0.15, 0.2) is 48.9 Å². The third kappa shape index (κ3) is 7.35. The predicted molar refractivity (Wildman–Crippen MR) is 137 cm³/mol. The summed E-state index contributed by atoms with van der Waals surface area (Å²) in [5.41, 5.74) is 0.301. The Morgan fingerprint density at radius 3 is 2.33 bits per heavy atom. The highest BCUT2D eigenvalue weighted by Crippen LogP contribution is 2.38. The molecule has 1 aliphatic heterocycles. The van der Waals surface area contributed by atoms with Gasteiger partial charge in [-0.15, -0.1) is 0 Å². The third-order valence-corrected chi connectivity index (χ3v) is 6.78. The van der Waals surface area contributed by atoms with Crippen molar-refractivity contribution < 1.29 is 23.6 Å². The Bertz CT molecular complexity index is 974. The van der Waals surface area contributed by atoms with E-state index >= 15 is 0 Å². The Balaban J connectivity index is 1.72. The van der Waals surface area contributed by atoms with Crippen molar-refractivity contribution in [1.29, 1.82) is 0 Å². The second-order valence-corrected chi connectivity index (χ2v) is 10.0. The zero-order valence-electron chi connectivity index (χ0n) is 21.8. The molecule has 3 rings (SSSR count). The molecule has 9 nitrogen and oxygen atoms in total. The maximum Gasteiger partial charge on any atom is 0.481 e. The Hall–Kier alpha value is -2.82. The number of aromatic nitrogens is 2. The number of hydrogen-bond acceptors (Lipinski definition) is 7. The number of methoxy groups -OCH3 is 1. The van der Waals surface area contributed by atoms with E-state index in [0.29, 0.717) is 19.4 Å². The highest BCUT2D eigenvalue weighted by Gasteiger charge is 2.54. The van der Waals surface area contributed by atoms with E-state index in [2.05, 4.69) is 32.7 Å². The van der Waals surface area contributed by atoms with Crippen LogP contribution in [0.4, 0.5) is 0 Å².